The van der Waals surface area contributed by atoms with Crippen molar-refractivity contribution in [2.24, 2.45) is 11.8 Å². The first-order valence-electron chi connectivity index (χ1n) is 6.71. The van der Waals surface area contributed by atoms with E-state index in [4.69, 9.17) is 5.11 Å². The maximum absolute atomic E-state index is 12.3. The zero-order chi connectivity index (χ0) is 14.3. The van der Waals surface area contributed by atoms with Crippen LogP contribution in [0.25, 0.3) is 0 Å². The molecule has 1 aromatic rings. The largest absolute Gasteiger partial charge is 0.476 e. The van der Waals surface area contributed by atoms with Gasteiger partial charge in [0.05, 0.1) is 18.2 Å². The molecule has 0 aromatic carbocycles. The molecule has 8 heteroatoms. The molecule has 108 valence electrons. The Hall–Kier alpha value is -1.96. The van der Waals surface area contributed by atoms with Crippen LogP contribution in [-0.4, -0.2) is 63.1 Å². The van der Waals surface area contributed by atoms with Crippen molar-refractivity contribution < 1.29 is 14.7 Å². The highest BCUT2D eigenvalue weighted by Crippen LogP contribution is 2.26. The number of aromatic nitrogens is 3. The van der Waals surface area contributed by atoms with E-state index in [-0.39, 0.29) is 23.6 Å². The van der Waals surface area contributed by atoms with Gasteiger partial charge in [0.2, 0.25) is 5.91 Å². The van der Waals surface area contributed by atoms with E-state index in [2.05, 4.69) is 22.6 Å². The number of nitrogens with one attached hydrogen (secondary N) is 1. The third-order valence-electron chi connectivity index (χ3n) is 4.11. The highest BCUT2D eigenvalue weighted by atomic mass is 16.4. The summed E-state index contributed by atoms with van der Waals surface area (Å²) in [5, 5.41) is 19.4. The zero-order valence-electron chi connectivity index (χ0n) is 11.2. The summed E-state index contributed by atoms with van der Waals surface area (Å²) in [5.74, 6) is -0.487. The minimum absolute atomic E-state index is 0.0317. The van der Waals surface area contributed by atoms with E-state index in [1.165, 1.54) is 10.9 Å². The van der Waals surface area contributed by atoms with Gasteiger partial charge in [-0.15, -0.1) is 5.10 Å². The molecule has 0 aliphatic carbocycles. The molecule has 8 nitrogen and oxygen atoms in total. The van der Waals surface area contributed by atoms with Crippen LogP contribution in [0.1, 0.15) is 23.5 Å². The first kappa shape index (κ1) is 13.0. The van der Waals surface area contributed by atoms with Gasteiger partial charge < -0.3 is 15.3 Å². The topological polar surface area (TPSA) is 100 Å². The molecule has 2 saturated heterocycles. The minimum Gasteiger partial charge on any atom is -0.476 e. The molecular weight excluding hydrogens is 262 g/mol. The molecule has 2 N–H and O–H groups in total. The van der Waals surface area contributed by atoms with Crippen molar-refractivity contribution in [3.63, 3.8) is 0 Å². The fourth-order valence-corrected chi connectivity index (χ4v) is 2.73. The van der Waals surface area contributed by atoms with Crippen LogP contribution in [0.2, 0.25) is 0 Å². The van der Waals surface area contributed by atoms with Gasteiger partial charge in [0.15, 0.2) is 5.69 Å². The molecule has 0 bridgehead atoms. The van der Waals surface area contributed by atoms with E-state index in [1.54, 1.807) is 4.90 Å². The van der Waals surface area contributed by atoms with Gasteiger partial charge in [-0.25, -0.2) is 9.48 Å². The Balaban J connectivity index is 1.58. The van der Waals surface area contributed by atoms with Gasteiger partial charge in [-0.1, -0.05) is 12.1 Å². The molecule has 2 aliphatic heterocycles. The molecule has 20 heavy (non-hydrogen) atoms. The summed E-state index contributed by atoms with van der Waals surface area (Å²) >= 11 is 0. The Morgan fingerprint density at radius 2 is 2.15 bits per heavy atom. The van der Waals surface area contributed by atoms with Crippen molar-refractivity contribution in [2.45, 2.75) is 13.0 Å². The molecule has 1 aromatic heterocycles. The van der Waals surface area contributed by atoms with Gasteiger partial charge in [0.1, 0.15) is 0 Å². The number of rotatable bonds is 3. The summed E-state index contributed by atoms with van der Waals surface area (Å²) < 4.78 is 1.53. The van der Waals surface area contributed by atoms with E-state index in [0.717, 1.165) is 13.1 Å². The quantitative estimate of drug-likeness (QED) is 0.752. The molecule has 3 heterocycles. The third kappa shape index (κ3) is 2.15. The maximum Gasteiger partial charge on any atom is 0.358 e. The lowest BCUT2D eigenvalue weighted by atomic mass is 9.94. The average Bonchev–Trinajstić information content (AvgIpc) is 2.95. The van der Waals surface area contributed by atoms with Crippen molar-refractivity contribution >= 4 is 11.9 Å². The van der Waals surface area contributed by atoms with Crippen molar-refractivity contribution in [1.29, 1.82) is 0 Å². The van der Waals surface area contributed by atoms with Crippen LogP contribution in [0.5, 0.6) is 0 Å². The van der Waals surface area contributed by atoms with Crippen LogP contribution in [-0.2, 0) is 4.79 Å². The summed E-state index contributed by atoms with van der Waals surface area (Å²) in [5.41, 5.74) is -0.0663. The molecule has 0 saturated carbocycles. The fourth-order valence-electron chi connectivity index (χ4n) is 2.73. The third-order valence-corrected chi connectivity index (χ3v) is 4.11. The monoisotopic (exact) mass is 279 g/mol. The first-order valence-corrected chi connectivity index (χ1v) is 6.71. The van der Waals surface area contributed by atoms with E-state index >= 15 is 0 Å². The van der Waals surface area contributed by atoms with Crippen molar-refractivity contribution in [2.75, 3.05) is 26.2 Å². The van der Waals surface area contributed by atoms with E-state index in [9.17, 15) is 9.59 Å². The van der Waals surface area contributed by atoms with Crippen LogP contribution < -0.4 is 5.32 Å². The Morgan fingerprint density at radius 1 is 1.40 bits per heavy atom. The van der Waals surface area contributed by atoms with E-state index < -0.39 is 5.97 Å². The first-order chi connectivity index (χ1) is 9.56. The van der Waals surface area contributed by atoms with Crippen LogP contribution in [0.3, 0.4) is 0 Å². The number of hydrogen-bond acceptors (Lipinski definition) is 5. The summed E-state index contributed by atoms with van der Waals surface area (Å²) in [6.45, 7) is 4.86. The number of aromatic carboxylic acids is 1. The average molecular weight is 279 g/mol. The molecule has 1 amide bonds. The van der Waals surface area contributed by atoms with Gasteiger partial charge >= 0.3 is 5.97 Å². The lowest BCUT2D eigenvalue weighted by Gasteiger charge is -2.40. The maximum atomic E-state index is 12.3. The van der Waals surface area contributed by atoms with Gasteiger partial charge in [-0.05, 0) is 12.5 Å². The Bertz CT molecular complexity index is 537. The number of likely N-dealkylation sites (tertiary alicyclic amines) is 1. The number of amides is 1. The summed E-state index contributed by atoms with van der Waals surface area (Å²) in [7, 11) is 0. The van der Waals surface area contributed by atoms with Crippen LogP contribution in [0.4, 0.5) is 0 Å². The highest BCUT2D eigenvalue weighted by Gasteiger charge is 2.39. The number of carboxylic acids is 1. The molecule has 2 aliphatic rings. The van der Waals surface area contributed by atoms with Crippen molar-refractivity contribution in [3.05, 3.63) is 11.9 Å². The highest BCUT2D eigenvalue weighted by molar-refractivity contribution is 5.84. The lowest BCUT2D eigenvalue weighted by molar-refractivity contribution is -0.142. The molecule has 0 radical (unpaired) electrons. The number of hydrogen-bond donors (Lipinski definition) is 2. The Labute approximate surface area is 115 Å². The normalized spacial score (nSPS) is 26.6. The van der Waals surface area contributed by atoms with Crippen LogP contribution in [0, 0.1) is 11.8 Å². The predicted molar refractivity (Wildman–Crippen MR) is 68.1 cm³/mol. The van der Waals surface area contributed by atoms with Crippen molar-refractivity contribution in [1.82, 2.24) is 25.2 Å². The van der Waals surface area contributed by atoms with Crippen LogP contribution in [0.15, 0.2) is 6.20 Å². The second-order valence-electron chi connectivity index (χ2n) is 5.53. The number of carbonyl (C=O) groups excluding carboxylic acids is 1. The van der Waals surface area contributed by atoms with Crippen LogP contribution >= 0.6 is 0 Å². The Morgan fingerprint density at radius 3 is 2.70 bits per heavy atom. The number of carboxylic acid groups (broad SMARTS) is 1. The standard InChI is InChI=1S/C12H17N5O3/c1-7-2-13-3-9(7)11(18)16-4-8(5-16)17-6-10(12(19)20)14-15-17/h6-9,13H,2-5H2,1H3,(H,19,20)/t7-,9-/m1/s1. The molecular formula is C12H17N5O3. The van der Waals surface area contributed by atoms with Gasteiger partial charge in [0.25, 0.3) is 0 Å². The summed E-state index contributed by atoms with van der Waals surface area (Å²) in [4.78, 5) is 24.8. The number of carbonyl (C=O) groups is 2. The predicted octanol–water partition coefficient (Wildman–Crippen LogP) is -0.785. The molecule has 2 atom stereocenters. The molecule has 0 unspecified atom stereocenters. The lowest BCUT2D eigenvalue weighted by Crippen LogP contribution is -2.53. The van der Waals surface area contributed by atoms with Gasteiger partial charge in [-0.3, -0.25) is 4.79 Å². The number of nitrogens with zero attached hydrogens (tertiary/aromatic N) is 4. The molecule has 3 rings (SSSR count). The van der Waals surface area contributed by atoms with Crippen molar-refractivity contribution in [3.8, 4) is 0 Å². The zero-order valence-corrected chi connectivity index (χ0v) is 11.2. The molecule has 0 spiro atoms. The Kier molecular flexibility index (Phi) is 3.17. The van der Waals surface area contributed by atoms with E-state index in [1.807, 2.05) is 0 Å². The second-order valence-corrected chi connectivity index (χ2v) is 5.53. The second kappa shape index (κ2) is 4.86. The SMILES string of the molecule is C[C@@H]1CNC[C@H]1C(=O)N1CC(n2cc(C(=O)O)nn2)C1. The minimum atomic E-state index is -1.09. The molecule has 2 fully saturated rings. The van der Waals surface area contributed by atoms with Gasteiger partial charge in [0, 0.05) is 19.6 Å². The van der Waals surface area contributed by atoms with E-state index in [0.29, 0.717) is 19.0 Å². The fraction of sp³-hybridized carbons (Fsp3) is 0.667. The summed E-state index contributed by atoms with van der Waals surface area (Å²) in [6.07, 6.45) is 1.41. The van der Waals surface area contributed by atoms with Gasteiger partial charge in [-0.2, -0.15) is 0 Å². The smallest absolute Gasteiger partial charge is 0.358 e. The summed E-state index contributed by atoms with van der Waals surface area (Å²) in [6, 6.07) is 0.0317.